The summed E-state index contributed by atoms with van der Waals surface area (Å²) in [5, 5.41) is 0. The summed E-state index contributed by atoms with van der Waals surface area (Å²) < 4.78 is 12.2. The van der Waals surface area contributed by atoms with Gasteiger partial charge in [-0.3, -0.25) is 9.59 Å². The minimum absolute atomic E-state index is 0.0994. The molecular weight excluding hydrogens is 649 g/mol. The molecular formula is C46H76O4S. The van der Waals surface area contributed by atoms with Gasteiger partial charge in [0.2, 0.25) is 0 Å². The molecule has 0 saturated heterocycles. The quantitative estimate of drug-likeness (QED) is 0.0992. The number of thiophene rings is 1. The summed E-state index contributed by atoms with van der Waals surface area (Å²) in [7, 11) is 0. The van der Waals surface area contributed by atoms with Crippen LogP contribution in [0.4, 0.5) is 0 Å². The molecule has 0 bridgehead atoms. The second-order valence-electron chi connectivity index (χ2n) is 17.6. The molecule has 0 aromatic carbocycles. The zero-order valence-corrected chi connectivity index (χ0v) is 33.8. The van der Waals surface area contributed by atoms with Crippen molar-refractivity contribution in [2.45, 2.75) is 231 Å². The van der Waals surface area contributed by atoms with Gasteiger partial charge in [-0.2, -0.15) is 0 Å². The first-order valence-electron chi connectivity index (χ1n) is 22.5. The van der Waals surface area contributed by atoms with Gasteiger partial charge in [0.05, 0.1) is 11.8 Å². The number of hydrogen-bond donors (Lipinski definition) is 0. The van der Waals surface area contributed by atoms with Crippen molar-refractivity contribution in [3.63, 3.8) is 0 Å². The van der Waals surface area contributed by atoms with Gasteiger partial charge in [-0.15, -0.1) is 11.3 Å². The van der Waals surface area contributed by atoms with Crippen molar-refractivity contribution in [3.05, 3.63) is 21.9 Å². The van der Waals surface area contributed by atoms with E-state index >= 15 is 0 Å². The summed E-state index contributed by atoms with van der Waals surface area (Å²) in [5.74, 6) is 3.35. The van der Waals surface area contributed by atoms with E-state index in [0.29, 0.717) is 11.8 Å². The molecule has 0 radical (unpaired) electrons. The maximum atomic E-state index is 13.1. The van der Waals surface area contributed by atoms with Crippen molar-refractivity contribution in [3.8, 4) is 0 Å². The van der Waals surface area contributed by atoms with Gasteiger partial charge in [0.25, 0.3) is 0 Å². The van der Waals surface area contributed by atoms with Crippen LogP contribution in [0, 0.1) is 23.7 Å². The molecule has 0 N–H and O–H groups in total. The average molecular weight is 725 g/mol. The molecule has 1 aromatic heterocycles. The predicted octanol–water partition coefficient (Wildman–Crippen LogP) is 14.0. The Bertz CT molecular complexity index is 1010. The highest BCUT2D eigenvalue weighted by Crippen LogP contribution is 2.43. The van der Waals surface area contributed by atoms with Gasteiger partial charge >= 0.3 is 11.9 Å². The standard InChI is InChI=1S/C46H76O4S/c1-3-5-7-9-11-13-15-35-17-21-39(22-18-35)45(47)49-41-29-25-37(26-30-41)43-33-34-44(51-43)38-27-31-42(32-28-38)50-46(48)40-23-19-36(20-24-40)16-14-12-10-8-6-4-2/h33-42H,3-32H2,1-2H3. The van der Waals surface area contributed by atoms with E-state index in [1.54, 1.807) is 0 Å². The average Bonchev–Trinajstić information content (AvgIpc) is 3.66. The molecule has 5 rings (SSSR count). The first-order valence-corrected chi connectivity index (χ1v) is 23.3. The summed E-state index contributed by atoms with van der Waals surface area (Å²) in [4.78, 5) is 29.2. The van der Waals surface area contributed by atoms with Crippen LogP contribution in [0.1, 0.15) is 228 Å². The van der Waals surface area contributed by atoms with E-state index in [2.05, 4.69) is 26.0 Å². The van der Waals surface area contributed by atoms with Gasteiger partial charge in [-0.1, -0.05) is 104 Å². The lowest BCUT2D eigenvalue weighted by Gasteiger charge is -2.32. The van der Waals surface area contributed by atoms with Crippen LogP contribution in [0.25, 0.3) is 0 Å². The summed E-state index contributed by atoms with van der Waals surface area (Å²) >= 11 is 2.03. The SMILES string of the molecule is CCCCCCCCC1CCC(C(=O)OC2CCC(c3ccc(C4CCC(OC(=O)C5CCC(CCCCCCCC)CC5)CC4)s3)CC2)CC1. The normalized spacial score (nSPS) is 30.2. The Labute approximate surface area is 317 Å². The van der Waals surface area contributed by atoms with E-state index in [0.717, 1.165) is 88.9 Å². The van der Waals surface area contributed by atoms with Crippen molar-refractivity contribution in [2.24, 2.45) is 23.7 Å². The maximum Gasteiger partial charge on any atom is 0.309 e. The van der Waals surface area contributed by atoms with Crippen LogP contribution in [-0.2, 0) is 19.1 Å². The molecule has 0 unspecified atom stereocenters. The Morgan fingerprint density at radius 2 is 0.843 bits per heavy atom. The van der Waals surface area contributed by atoms with Gasteiger partial charge < -0.3 is 9.47 Å². The summed E-state index contributed by atoms with van der Waals surface area (Å²) in [6, 6.07) is 4.77. The van der Waals surface area contributed by atoms with Gasteiger partial charge in [0.15, 0.2) is 0 Å². The summed E-state index contributed by atoms with van der Waals surface area (Å²) in [5.41, 5.74) is 0. The third kappa shape index (κ3) is 13.8. The largest absolute Gasteiger partial charge is 0.462 e. The lowest BCUT2D eigenvalue weighted by molar-refractivity contribution is -0.158. The number of rotatable bonds is 20. The Morgan fingerprint density at radius 3 is 1.22 bits per heavy atom. The number of unbranched alkanes of at least 4 members (excludes halogenated alkanes) is 10. The first kappa shape index (κ1) is 40.8. The van der Waals surface area contributed by atoms with Crippen LogP contribution in [0.3, 0.4) is 0 Å². The molecule has 4 fully saturated rings. The third-order valence-electron chi connectivity index (χ3n) is 13.7. The molecule has 51 heavy (non-hydrogen) atoms. The summed E-state index contributed by atoms with van der Waals surface area (Å²) in [6.07, 6.45) is 37.0. The fraction of sp³-hybridized carbons (Fsp3) is 0.870. The molecule has 4 aliphatic carbocycles. The highest BCUT2D eigenvalue weighted by molar-refractivity contribution is 7.12. The zero-order chi connectivity index (χ0) is 35.7. The fourth-order valence-corrected chi connectivity index (χ4v) is 11.4. The lowest BCUT2D eigenvalue weighted by Crippen LogP contribution is -2.29. The van der Waals surface area contributed by atoms with Crippen LogP contribution < -0.4 is 0 Å². The Morgan fingerprint density at radius 1 is 0.490 bits per heavy atom. The lowest BCUT2D eigenvalue weighted by atomic mass is 9.79. The first-order chi connectivity index (χ1) is 25.0. The minimum Gasteiger partial charge on any atom is -0.462 e. The molecule has 4 nitrogen and oxygen atoms in total. The van der Waals surface area contributed by atoms with E-state index in [9.17, 15) is 9.59 Å². The molecule has 0 amide bonds. The van der Waals surface area contributed by atoms with Crippen LogP contribution in [0.15, 0.2) is 12.1 Å². The third-order valence-corrected chi connectivity index (χ3v) is 15.1. The highest BCUT2D eigenvalue weighted by Gasteiger charge is 2.33. The van der Waals surface area contributed by atoms with E-state index in [1.165, 1.54) is 125 Å². The molecule has 0 atom stereocenters. The molecule has 4 saturated carbocycles. The Kier molecular flexibility index (Phi) is 18.2. The molecule has 0 spiro atoms. The minimum atomic E-state index is 0.0994. The van der Waals surface area contributed by atoms with Gasteiger partial charge in [-0.05, 0) is 139 Å². The molecule has 290 valence electrons. The number of ether oxygens (including phenoxy) is 2. The van der Waals surface area contributed by atoms with Gasteiger partial charge in [0, 0.05) is 9.75 Å². The number of carbonyl (C=O) groups is 2. The van der Waals surface area contributed by atoms with E-state index in [4.69, 9.17) is 9.47 Å². The molecule has 4 aliphatic rings. The smallest absolute Gasteiger partial charge is 0.309 e. The molecule has 5 heteroatoms. The molecule has 1 heterocycles. The summed E-state index contributed by atoms with van der Waals surface area (Å²) in [6.45, 7) is 4.57. The van der Waals surface area contributed by atoms with Crippen molar-refractivity contribution < 1.29 is 19.1 Å². The molecule has 1 aromatic rings. The van der Waals surface area contributed by atoms with E-state index in [-0.39, 0.29) is 36.0 Å². The van der Waals surface area contributed by atoms with Crippen molar-refractivity contribution in [1.82, 2.24) is 0 Å². The van der Waals surface area contributed by atoms with Crippen LogP contribution in [-0.4, -0.2) is 24.1 Å². The van der Waals surface area contributed by atoms with Crippen LogP contribution in [0.2, 0.25) is 0 Å². The second kappa shape index (κ2) is 22.8. The number of carbonyl (C=O) groups excluding carboxylic acids is 2. The van der Waals surface area contributed by atoms with E-state index in [1.807, 2.05) is 11.3 Å². The Hall–Kier alpha value is -1.36. The van der Waals surface area contributed by atoms with Gasteiger partial charge in [-0.25, -0.2) is 0 Å². The topological polar surface area (TPSA) is 52.6 Å². The van der Waals surface area contributed by atoms with Gasteiger partial charge in [0.1, 0.15) is 12.2 Å². The Balaban J connectivity index is 0.918. The van der Waals surface area contributed by atoms with E-state index < -0.39 is 0 Å². The van der Waals surface area contributed by atoms with Crippen LogP contribution in [0.5, 0.6) is 0 Å². The fourth-order valence-electron chi connectivity index (χ4n) is 10.1. The molecule has 0 aliphatic heterocycles. The number of hydrogen-bond acceptors (Lipinski definition) is 5. The second-order valence-corrected chi connectivity index (χ2v) is 18.8. The maximum absolute atomic E-state index is 13.1. The predicted molar refractivity (Wildman–Crippen MR) is 213 cm³/mol. The monoisotopic (exact) mass is 725 g/mol. The number of esters is 2. The highest BCUT2D eigenvalue weighted by atomic mass is 32.1. The van der Waals surface area contributed by atoms with Crippen molar-refractivity contribution >= 4 is 23.3 Å². The van der Waals surface area contributed by atoms with Crippen molar-refractivity contribution in [1.29, 1.82) is 0 Å². The zero-order valence-electron chi connectivity index (χ0n) is 33.0. The van der Waals surface area contributed by atoms with Crippen LogP contribution >= 0.6 is 11.3 Å². The van der Waals surface area contributed by atoms with Crippen molar-refractivity contribution in [2.75, 3.05) is 0 Å².